The molecule has 1 aliphatic carbocycles. The van der Waals surface area contributed by atoms with Crippen molar-refractivity contribution in [1.29, 1.82) is 0 Å². The second-order valence-electron chi connectivity index (χ2n) is 5.89. The highest BCUT2D eigenvalue weighted by Gasteiger charge is 2.15. The van der Waals surface area contributed by atoms with E-state index in [2.05, 4.69) is 22.4 Å². The molecule has 1 aliphatic rings. The zero-order valence-corrected chi connectivity index (χ0v) is 13.7. The summed E-state index contributed by atoms with van der Waals surface area (Å²) in [5.74, 6) is 0.922. The van der Waals surface area contributed by atoms with Crippen molar-refractivity contribution in [2.24, 2.45) is 0 Å². The van der Waals surface area contributed by atoms with Crippen LogP contribution in [0.4, 0.5) is 0 Å². The van der Waals surface area contributed by atoms with Gasteiger partial charge in [-0.15, -0.1) is 0 Å². The summed E-state index contributed by atoms with van der Waals surface area (Å²) >= 11 is 5.21. The van der Waals surface area contributed by atoms with E-state index < -0.39 is 0 Å². The number of aromatic amines is 1. The van der Waals surface area contributed by atoms with Crippen LogP contribution in [0.25, 0.3) is 0 Å². The third-order valence-electron chi connectivity index (χ3n) is 4.08. The fourth-order valence-electron chi connectivity index (χ4n) is 2.95. The minimum Gasteiger partial charge on any atom is -0.352 e. The molecule has 2 rings (SSSR count). The predicted molar refractivity (Wildman–Crippen MR) is 85.7 cm³/mol. The lowest BCUT2D eigenvalue weighted by molar-refractivity contribution is -0.122. The van der Waals surface area contributed by atoms with E-state index in [1.165, 1.54) is 32.1 Å². The maximum absolute atomic E-state index is 12.3. The highest BCUT2D eigenvalue weighted by Crippen LogP contribution is 2.17. The van der Waals surface area contributed by atoms with Gasteiger partial charge in [0.2, 0.25) is 5.91 Å². The maximum Gasteiger partial charge on any atom is 0.240 e. The van der Waals surface area contributed by atoms with Gasteiger partial charge in [0, 0.05) is 12.5 Å². The maximum atomic E-state index is 12.3. The zero-order valence-electron chi connectivity index (χ0n) is 12.9. The first-order valence-electron chi connectivity index (χ1n) is 8.14. The number of nitrogens with zero attached hydrogens (tertiary/aromatic N) is 2. The summed E-state index contributed by atoms with van der Waals surface area (Å²) in [7, 11) is 0. The Morgan fingerprint density at radius 3 is 2.67 bits per heavy atom. The number of hydrogen-bond donors (Lipinski definition) is 2. The molecule has 0 unspecified atom stereocenters. The van der Waals surface area contributed by atoms with Gasteiger partial charge in [-0.25, -0.2) is 0 Å². The number of aryl methyl sites for hydroxylation is 1. The van der Waals surface area contributed by atoms with Gasteiger partial charge < -0.3 is 5.32 Å². The number of rotatable bonds is 5. The first-order chi connectivity index (χ1) is 10.2. The van der Waals surface area contributed by atoms with Gasteiger partial charge in [-0.2, -0.15) is 5.10 Å². The van der Waals surface area contributed by atoms with E-state index in [1.807, 2.05) is 4.57 Å². The molecule has 0 saturated heterocycles. The highest BCUT2D eigenvalue weighted by atomic mass is 32.1. The monoisotopic (exact) mass is 310 g/mol. The van der Waals surface area contributed by atoms with Crippen LogP contribution in [-0.4, -0.2) is 26.7 Å². The van der Waals surface area contributed by atoms with Crippen molar-refractivity contribution in [3.63, 3.8) is 0 Å². The zero-order chi connectivity index (χ0) is 15.1. The van der Waals surface area contributed by atoms with E-state index in [0.717, 1.165) is 31.5 Å². The summed E-state index contributed by atoms with van der Waals surface area (Å²) in [6, 6.07) is 0.327. The van der Waals surface area contributed by atoms with E-state index in [-0.39, 0.29) is 12.5 Å². The largest absolute Gasteiger partial charge is 0.352 e. The fraction of sp³-hybridized carbons (Fsp3) is 0.800. The van der Waals surface area contributed by atoms with Gasteiger partial charge >= 0.3 is 0 Å². The van der Waals surface area contributed by atoms with Gasteiger partial charge in [0.15, 0.2) is 4.77 Å². The number of carbonyl (C=O) groups is 1. The number of carbonyl (C=O) groups excluding carboxylic acids is 1. The Labute approximate surface area is 131 Å². The van der Waals surface area contributed by atoms with E-state index in [0.29, 0.717) is 10.8 Å². The minimum absolute atomic E-state index is 0.0513. The molecular weight excluding hydrogens is 284 g/mol. The van der Waals surface area contributed by atoms with Crippen molar-refractivity contribution < 1.29 is 4.79 Å². The van der Waals surface area contributed by atoms with Crippen LogP contribution in [0.3, 0.4) is 0 Å². The Balaban J connectivity index is 1.91. The Morgan fingerprint density at radius 2 is 2.00 bits per heavy atom. The van der Waals surface area contributed by atoms with E-state index in [1.54, 1.807) is 0 Å². The summed E-state index contributed by atoms with van der Waals surface area (Å²) in [4.78, 5) is 12.3. The third kappa shape index (κ3) is 4.95. The van der Waals surface area contributed by atoms with Crippen LogP contribution in [0.2, 0.25) is 0 Å². The van der Waals surface area contributed by atoms with Crippen LogP contribution in [0.15, 0.2) is 0 Å². The molecular formula is C15H26N4OS. The third-order valence-corrected chi connectivity index (χ3v) is 4.39. The molecule has 0 aliphatic heterocycles. The van der Waals surface area contributed by atoms with E-state index >= 15 is 0 Å². The SMILES string of the molecule is CCCc1n[nH]c(=S)n1CC(=O)NC1CCCCCCC1. The molecule has 2 N–H and O–H groups in total. The van der Waals surface area contributed by atoms with Crippen molar-refractivity contribution in [2.75, 3.05) is 0 Å². The second-order valence-corrected chi connectivity index (χ2v) is 6.28. The molecule has 21 heavy (non-hydrogen) atoms. The summed E-state index contributed by atoms with van der Waals surface area (Å²) in [6.45, 7) is 2.37. The van der Waals surface area contributed by atoms with Gasteiger partial charge in [-0.3, -0.25) is 14.5 Å². The van der Waals surface area contributed by atoms with Gasteiger partial charge in [0.25, 0.3) is 0 Å². The van der Waals surface area contributed by atoms with Crippen LogP contribution in [0.1, 0.15) is 64.1 Å². The molecule has 0 spiro atoms. The lowest BCUT2D eigenvalue weighted by atomic mass is 9.97. The van der Waals surface area contributed by atoms with E-state index in [9.17, 15) is 4.79 Å². The van der Waals surface area contributed by atoms with Gasteiger partial charge in [-0.05, 0) is 31.5 Å². The quantitative estimate of drug-likeness (QED) is 0.821. The van der Waals surface area contributed by atoms with Gasteiger partial charge in [-0.1, -0.05) is 39.0 Å². The normalized spacial score (nSPS) is 17.2. The number of hydrogen-bond acceptors (Lipinski definition) is 3. The van der Waals surface area contributed by atoms with Crippen LogP contribution in [-0.2, 0) is 17.8 Å². The lowest BCUT2D eigenvalue weighted by Crippen LogP contribution is -2.37. The number of H-pyrrole nitrogens is 1. The van der Waals surface area contributed by atoms with Crippen molar-refractivity contribution in [3.05, 3.63) is 10.6 Å². The van der Waals surface area contributed by atoms with Gasteiger partial charge in [0.05, 0.1) is 0 Å². The second kappa shape index (κ2) is 8.32. The molecule has 5 nitrogen and oxygen atoms in total. The number of aromatic nitrogens is 3. The average Bonchev–Trinajstić information content (AvgIpc) is 2.75. The molecule has 0 atom stereocenters. The molecule has 1 saturated carbocycles. The number of amides is 1. The predicted octanol–water partition coefficient (Wildman–Crippen LogP) is 3.12. The molecule has 6 heteroatoms. The van der Waals surface area contributed by atoms with Crippen LogP contribution >= 0.6 is 12.2 Å². The fourth-order valence-corrected chi connectivity index (χ4v) is 3.16. The Kier molecular flexibility index (Phi) is 6.42. The summed E-state index contributed by atoms with van der Waals surface area (Å²) in [5, 5.41) is 10.2. The topological polar surface area (TPSA) is 62.7 Å². The van der Waals surface area contributed by atoms with Crippen molar-refractivity contribution in [1.82, 2.24) is 20.1 Å². The van der Waals surface area contributed by atoms with Crippen LogP contribution in [0.5, 0.6) is 0 Å². The Hall–Kier alpha value is -1.17. The molecule has 0 bridgehead atoms. The van der Waals surface area contributed by atoms with Crippen molar-refractivity contribution >= 4 is 18.1 Å². The molecule has 1 aromatic heterocycles. The van der Waals surface area contributed by atoms with Crippen molar-refractivity contribution in [2.45, 2.75) is 77.3 Å². The molecule has 118 valence electrons. The molecule has 1 heterocycles. The first kappa shape index (κ1) is 16.2. The highest BCUT2D eigenvalue weighted by molar-refractivity contribution is 7.71. The summed E-state index contributed by atoms with van der Waals surface area (Å²) in [5.41, 5.74) is 0. The Bertz CT molecular complexity index is 500. The number of nitrogens with one attached hydrogen (secondary N) is 2. The van der Waals surface area contributed by atoms with Crippen molar-refractivity contribution in [3.8, 4) is 0 Å². The van der Waals surface area contributed by atoms with E-state index in [4.69, 9.17) is 12.2 Å². The van der Waals surface area contributed by atoms with Crippen LogP contribution < -0.4 is 5.32 Å². The lowest BCUT2D eigenvalue weighted by Gasteiger charge is -2.21. The minimum atomic E-state index is 0.0513. The average molecular weight is 310 g/mol. The summed E-state index contributed by atoms with van der Waals surface area (Å²) in [6.07, 6.45) is 10.4. The smallest absolute Gasteiger partial charge is 0.240 e. The Morgan fingerprint density at radius 1 is 1.33 bits per heavy atom. The molecule has 1 fully saturated rings. The summed E-state index contributed by atoms with van der Waals surface area (Å²) < 4.78 is 2.35. The first-order valence-corrected chi connectivity index (χ1v) is 8.55. The standard InChI is InChI=1S/C15H26N4OS/c1-2-8-13-17-18-15(21)19(13)11-14(20)16-12-9-6-4-3-5-7-10-12/h12H,2-11H2,1H3,(H,16,20)(H,18,21). The molecule has 1 aromatic rings. The van der Waals surface area contributed by atoms with Crippen LogP contribution in [0, 0.1) is 4.77 Å². The van der Waals surface area contributed by atoms with Gasteiger partial charge in [0.1, 0.15) is 12.4 Å². The molecule has 1 amide bonds. The molecule has 0 radical (unpaired) electrons. The molecule has 0 aromatic carbocycles.